The van der Waals surface area contributed by atoms with Crippen LogP contribution in [0.2, 0.25) is 0 Å². The van der Waals surface area contributed by atoms with Crippen LogP contribution in [0, 0.1) is 5.82 Å². The Labute approximate surface area is 119 Å². The van der Waals surface area contributed by atoms with Gasteiger partial charge >= 0.3 is 6.18 Å². The molecule has 0 spiro atoms. The largest absolute Gasteiger partial charge is 0.416 e. The third-order valence-electron chi connectivity index (χ3n) is 2.96. The average molecular weight is 298 g/mol. The van der Waals surface area contributed by atoms with E-state index >= 15 is 0 Å². The molecule has 2 aromatic rings. The summed E-state index contributed by atoms with van der Waals surface area (Å²) in [6.45, 7) is 0.528. The first-order valence-electron chi connectivity index (χ1n) is 6.33. The molecule has 0 amide bonds. The summed E-state index contributed by atoms with van der Waals surface area (Å²) in [5.74, 6) is -0.948. The molecule has 2 rings (SSSR count). The van der Waals surface area contributed by atoms with Gasteiger partial charge in [-0.2, -0.15) is 13.2 Å². The van der Waals surface area contributed by atoms with Gasteiger partial charge in [0.1, 0.15) is 5.82 Å². The molecule has 0 saturated carbocycles. The predicted octanol–water partition coefficient (Wildman–Crippen LogP) is 4.09. The molecule has 0 radical (unpaired) electrons. The van der Waals surface area contributed by atoms with Crippen LogP contribution in [0.1, 0.15) is 11.1 Å². The van der Waals surface area contributed by atoms with Crippen LogP contribution in [-0.4, -0.2) is 6.54 Å². The van der Waals surface area contributed by atoms with E-state index in [1.807, 2.05) is 12.1 Å². The highest BCUT2D eigenvalue weighted by atomic mass is 19.4. The van der Waals surface area contributed by atoms with Crippen LogP contribution in [0.25, 0.3) is 0 Å². The topological polar surface area (TPSA) is 38.0 Å². The van der Waals surface area contributed by atoms with Gasteiger partial charge in [-0.25, -0.2) is 4.39 Å². The Morgan fingerprint density at radius 3 is 2.19 bits per heavy atom. The van der Waals surface area contributed by atoms with Crippen molar-refractivity contribution in [3.63, 3.8) is 0 Å². The lowest BCUT2D eigenvalue weighted by Crippen LogP contribution is -2.06. The van der Waals surface area contributed by atoms with E-state index in [9.17, 15) is 17.6 Å². The van der Waals surface area contributed by atoms with Crippen LogP contribution < -0.4 is 11.1 Å². The first-order valence-corrected chi connectivity index (χ1v) is 6.33. The van der Waals surface area contributed by atoms with E-state index < -0.39 is 17.6 Å². The maximum Gasteiger partial charge on any atom is 0.416 e. The van der Waals surface area contributed by atoms with Crippen molar-refractivity contribution in [1.82, 2.24) is 0 Å². The molecule has 0 aliphatic rings. The minimum absolute atomic E-state index is 0.00502. The van der Waals surface area contributed by atoms with Gasteiger partial charge in [-0.05, 0) is 48.9 Å². The zero-order valence-electron chi connectivity index (χ0n) is 11.0. The fourth-order valence-corrected chi connectivity index (χ4v) is 1.87. The highest BCUT2D eigenvalue weighted by Gasteiger charge is 2.31. The minimum atomic E-state index is -4.55. The molecule has 0 bridgehead atoms. The van der Waals surface area contributed by atoms with E-state index in [1.54, 1.807) is 12.1 Å². The van der Waals surface area contributed by atoms with Gasteiger partial charge in [-0.1, -0.05) is 12.1 Å². The van der Waals surface area contributed by atoms with E-state index in [1.165, 1.54) is 0 Å². The monoisotopic (exact) mass is 298 g/mol. The molecule has 0 atom stereocenters. The van der Waals surface area contributed by atoms with Crippen molar-refractivity contribution < 1.29 is 17.6 Å². The summed E-state index contributed by atoms with van der Waals surface area (Å²) < 4.78 is 51.0. The lowest BCUT2D eigenvalue weighted by atomic mass is 10.1. The number of benzene rings is 2. The molecule has 3 N–H and O–H groups in total. The molecule has 112 valence electrons. The third kappa shape index (κ3) is 3.95. The maximum atomic E-state index is 13.7. The Kier molecular flexibility index (Phi) is 4.47. The first-order chi connectivity index (χ1) is 9.90. The smallest absolute Gasteiger partial charge is 0.353 e. The van der Waals surface area contributed by atoms with Gasteiger partial charge in [0.15, 0.2) is 0 Å². The Morgan fingerprint density at radius 2 is 1.67 bits per heavy atom. The summed E-state index contributed by atoms with van der Waals surface area (Å²) in [6, 6.07) is 9.50. The molecule has 0 aliphatic heterocycles. The molecule has 21 heavy (non-hydrogen) atoms. The van der Waals surface area contributed by atoms with E-state index in [2.05, 4.69) is 5.32 Å². The Morgan fingerprint density at radius 1 is 1.00 bits per heavy atom. The van der Waals surface area contributed by atoms with Gasteiger partial charge in [0.2, 0.25) is 0 Å². The number of nitrogens with one attached hydrogen (secondary N) is 1. The molecule has 0 saturated heterocycles. The zero-order valence-corrected chi connectivity index (χ0v) is 11.0. The van der Waals surface area contributed by atoms with Gasteiger partial charge < -0.3 is 11.1 Å². The van der Waals surface area contributed by atoms with Gasteiger partial charge in [0.05, 0.1) is 11.3 Å². The molecular weight excluding hydrogens is 284 g/mol. The summed E-state index contributed by atoms with van der Waals surface area (Å²) in [5.41, 5.74) is 6.05. The van der Waals surface area contributed by atoms with E-state index in [-0.39, 0.29) is 5.69 Å². The molecule has 2 aromatic carbocycles. The molecule has 0 aliphatic carbocycles. The molecule has 0 heterocycles. The Balaban J connectivity index is 2.16. The minimum Gasteiger partial charge on any atom is -0.353 e. The summed E-state index contributed by atoms with van der Waals surface area (Å²) in [6.07, 6.45) is -3.82. The van der Waals surface area contributed by atoms with Crippen molar-refractivity contribution in [3.8, 4) is 0 Å². The number of hydrogen-bond acceptors (Lipinski definition) is 2. The molecule has 6 heteroatoms. The van der Waals surface area contributed by atoms with Crippen molar-refractivity contribution in [2.75, 3.05) is 11.9 Å². The van der Waals surface area contributed by atoms with Gasteiger partial charge in [0, 0.05) is 5.69 Å². The highest BCUT2D eigenvalue weighted by molar-refractivity contribution is 5.61. The number of halogens is 4. The maximum absolute atomic E-state index is 13.7. The number of nitrogens with two attached hydrogens (primary N) is 1. The van der Waals surface area contributed by atoms with Crippen molar-refractivity contribution in [2.24, 2.45) is 5.73 Å². The van der Waals surface area contributed by atoms with Gasteiger partial charge in [0.25, 0.3) is 0 Å². The van der Waals surface area contributed by atoms with Gasteiger partial charge in [-0.15, -0.1) is 0 Å². The van der Waals surface area contributed by atoms with E-state index in [0.29, 0.717) is 18.3 Å². The standard InChI is InChI=1S/C15H14F4N2/c16-13-9-11(15(17,18)19)3-6-14(13)21-12-4-1-10(2-5-12)7-8-20/h1-6,9,21H,7-8,20H2. The number of hydrogen-bond donors (Lipinski definition) is 2. The van der Waals surface area contributed by atoms with Crippen LogP contribution in [0.4, 0.5) is 28.9 Å². The SMILES string of the molecule is NCCc1ccc(Nc2ccc(C(F)(F)F)cc2F)cc1. The lowest BCUT2D eigenvalue weighted by molar-refractivity contribution is -0.137. The Bertz CT molecular complexity index is 606. The van der Waals surface area contributed by atoms with Crippen molar-refractivity contribution in [1.29, 1.82) is 0 Å². The predicted molar refractivity (Wildman–Crippen MR) is 73.9 cm³/mol. The normalized spacial score (nSPS) is 11.5. The summed E-state index contributed by atoms with van der Waals surface area (Å²) >= 11 is 0. The van der Waals surface area contributed by atoms with E-state index in [4.69, 9.17) is 5.73 Å². The number of alkyl halides is 3. The van der Waals surface area contributed by atoms with Crippen molar-refractivity contribution >= 4 is 11.4 Å². The number of rotatable bonds is 4. The fraction of sp³-hybridized carbons (Fsp3) is 0.200. The van der Waals surface area contributed by atoms with Crippen LogP contribution in [0.3, 0.4) is 0 Å². The van der Waals surface area contributed by atoms with Crippen LogP contribution in [-0.2, 0) is 12.6 Å². The summed E-state index contributed by atoms with van der Waals surface area (Å²) in [4.78, 5) is 0. The summed E-state index contributed by atoms with van der Waals surface area (Å²) in [5, 5.41) is 2.75. The lowest BCUT2D eigenvalue weighted by Gasteiger charge is -2.11. The molecule has 0 unspecified atom stereocenters. The van der Waals surface area contributed by atoms with Crippen molar-refractivity contribution in [2.45, 2.75) is 12.6 Å². The zero-order chi connectivity index (χ0) is 15.5. The highest BCUT2D eigenvalue weighted by Crippen LogP contribution is 2.32. The second-order valence-electron chi connectivity index (χ2n) is 4.55. The van der Waals surface area contributed by atoms with E-state index in [0.717, 1.165) is 24.1 Å². The Hall–Kier alpha value is -2.08. The molecule has 0 aromatic heterocycles. The van der Waals surface area contributed by atoms with Crippen LogP contribution >= 0.6 is 0 Å². The third-order valence-corrected chi connectivity index (χ3v) is 2.96. The van der Waals surface area contributed by atoms with Crippen LogP contribution in [0.5, 0.6) is 0 Å². The molecule has 2 nitrogen and oxygen atoms in total. The number of anilines is 2. The second kappa shape index (κ2) is 6.13. The van der Waals surface area contributed by atoms with Crippen LogP contribution in [0.15, 0.2) is 42.5 Å². The second-order valence-corrected chi connectivity index (χ2v) is 4.55. The van der Waals surface area contributed by atoms with Crippen molar-refractivity contribution in [3.05, 3.63) is 59.4 Å². The fourth-order valence-electron chi connectivity index (χ4n) is 1.87. The quantitative estimate of drug-likeness (QED) is 0.834. The molecule has 0 fully saturated rings. The van der Waals surface area contributed by atoms with Gasteiger partial charge in [-0.3, -0.25) is 0 Å². The first kappa shape index (κ1) is 15.3. The average Bonchev–Trinajstić information content (AvgIpc) is 2.42. The molecular formula is C15H14F4N2. The summed E-state index contributed by atoms with van der Waals surface area (Å²) in [7, 11) is 0.